The highest BCUT2D eigenvalue weighted by atomic mass is 16.5. The van der Waals surface area contributed by atoms with Crippen molar-refractivity contribution in [1.29, 1.82) is 0 Å². The van der Waals surface area contributed by atoms with Gasteiger partial charge in [-0.3, -0.25) is 4.90 Å². The minimum atomic E-state index is 0.234. The van der Waals surface area contributed by atoms with Gasteiger partial charge in [0.2, 0.25) is 11.9 Å². The predicted molar refractivity (Wildman–Crippen MR) is 96.4 cm³/mol. The van der Waals surface area contributed by atoms with E-state index in [-0.39, 0.29) is 5.95 Å². The third-order valence-electron chi connectivity index (χ3n) is 4.47. The molecule has 138 valence electrons. The maximum atomic E-state index is 5.60. The van der Waals surface area contributed by atoms with Crippen molar-refractivity contribution in [2.45, 2.75) is 6.54 Å². The van der Waals surface area contributed by atoms with Gasteiger partial charge in [0.1, 0.15) is 5.82 Å². The van der Waals surface area contributed by atoms with Gasteiger partial charge in [-0.25, -0.2) is 15.0 Å². The number of hydrogen-bond acceptors (Lipinski definition) is 10. The van der Waals surface area contributed by atoms with Gasteiger partial charge in [-0.05, 0) is 0 Å². The molecule has 0 aromatic carbocycles. The number of aromatic nitrogens is 5. The first-order valence-electron chi connectivity index (χ1n) is 8.86. The fourth-order valence-corrected chi connectivity index (χ4v) is 3.03. The Hall–Kier alpha value is -2.43. The van der Waals surface area contributed by atoms with Crippen LogP contribution in [0, 0.1) is 0 Å². The van der Waals surface area contributed by atoms with Crippen molar-refractivity contribution < 1.29 is 4.74 Å². The van der Waals surface area contributed by atoms with Crippen LogP contribution >= 0.6 is 0 Å². The van der Waals surface area contributed by atoms with Crippen LogP contribution in [0.25, 0.3) is 11.4 Å². The Kier molecular flexibility index (Phi) is 5.14. The summed E-state index contributed by atoms with van der Waals surface area (Å²) in [6.45, 7) is 7.55. The molecule has 4 rings (SSSR count). The molecule has 0 unspecified atom stereocenters. The van der Waals surface area contributed by atoms with E-state index < -0.39 is 0 Å². The fraction of sp³-hybridized carbons (Fsp3) is 0.562. The van der Waals surface area contributed by atoms with E-state index in [1.807, 2.05) is 0 Å². The lowest BCUT2D eigenvalue weighted by Crippen LogP contribution is -2.43. The van der Waals surface area contributed by atoms with E-state index in [1.54, 1.807) is 12.4 Å². The first-order chi connectivity index (χ1) is 12.8. The maximum Gasteiger partial charge on any atom is 0.229 e. The number of morpholine rings is 1. The second-order valence-electron chi connectivity index (χ2n) is 6.33. The zero-order chi connectivity index (χ0) is 17.8. The van der Waals surface area contributed by atoms with Crippen LogP contribution in [0.4, 0.5) is 11.9 Å². The second-order valence-corrected chi connectivity index (χ2v) is 6.33. The molecule has 0 amide bonds. The van der Waals surface area contributed by atoms with Gasteiger partial charge in [-0.1, -0.05) is 0 Å². The number of piperazine rings is 1. The zero-order valence-corrected chi connectivity index (χ0v) is 14.6. The number of anilines is 2. The summed E-state index contributed by atoms with van der Waals surface area (Å²) >= 11 is 0. The number of nitrogen functional groups attached to an aromatic ring is 1. The van der Waals surface area contributed by atoms with Crippen molar-refractivity contribution in [3.63, 3.8) is 0 Å². The van der Waals surface area contributed by atoms with Crippen molar-refractivity contribution in [3.8, 4) is 11.4 Å². The summed E-state index contributed by atoms with van der Waals surface area (Å²) in [6.07, 6.45) is 3.30. The van der Waals surface area contributed by atoms with Gasteiger partial charge < -0.3 is 20.7 Å². The summed E-state index contributed by atoms with van der Waals surface area (Å²) in [5, 5.41) is 3.36. The molecular formula is C16H23N9O. The van der Waals surface area contributed by atoms with Crippen LogP contribution in [0.2, 0.25) is 0 Å². The Morgan fingerprint density at radius 2 is 1.73 bits per heavy atom. The smallest absolute Gasteiger partial charge is 0.229 e. The molecule has 2 aliphatic rings. The molecule has 0 aliphatic carbocycles. The number of nitrogens with two attached hydrogens (primary N) is 1. The Labute approximate surface area is 151 Å². The SMILES string of the molecule is Nc1ncc(-c2nc(CN3CCNCC3)nc(N3CCOCC3)n2)cn1. The molecule has 0 saturated carbocycles. The van der Waals surface area contributed by atoms with Crippen molar-refractivity contribution in [2.24, 2.45) is 0 Å². The molecule has 10 nitrogen and oxygen atoms in total. The minimum Gasteiger partial charge on any atom is -0.378 e. The summed E-state index contributed by atoms with van der Waals surface area (Å²) in [7, 11) is 0. The average molecular weight is 357 g/mol. The fourth-order valence-electron chi connectivity index (χ4n) is 3.03. The summed E-state index contributed by atoms with van der Waals surface area (Å²) < 4.78 is 5.44. The molecule has 2 fully saturated rings. The van der Waals surface area contributed by atoms with Crippen molar-refractivity contribution in [3.05, 3.63) is 18.2 Å². The molecule has 0 spiro atoms. The van der Waals surface area contributed by atoms with E-state index in [1.165, 1.54) is 0 Å². The van der Waals surface area contributed by atoms with Gasteiger partial charge in [-0.15, -0.1) is 0 Å². The van der Waals surface area contributed by atoms with Crippen LogP contribution in [-0.4, -0.2) is 82.3 Å². The van der Waals surface area contributed by atoms with Crippen LogP contribution < -0.4 is 16.0 Å². The summed E-state index contributed by atoms with van der Waals surface area (Å²) in [4.78, 5) is 26.6. The molecule has 0 bridgehead atoms. The lowest BCUT2D eigenvalue weighted by molar-refractivity contribution is 0.122. The highest BCUT2D eigenvalue weighted by Gasteiger charge is 2.19. The Morgan fingerprint density at radius 3 is 2.46 bits per heavy atom. The quantitative estimate of drug-likeness (QED) is 0.716. The third-order valence-corrected chi connectivity index (χ3v) is 4.47. The molecule has 10 heteroatoms. The number of hydrogen-bond donors (Lipinski definition) is 2. The monoisotopic (exact) mass is 357 g/mol. The summed E-state index contributed by atoms with van der Waals surface area (Å²) in [5.74, 6) is 2.25. The highest BCUT2D eigenvalue weighted by molar-refractivity contribution is 5.54. The lowest BCUT2D eigenvalue weighted by Gasteiger charge is -2.28. The van der Waals surface area contributed by atoms with E-state index in [0.717, 1.165) is 50.7 Å². The topological polar surface area (TPSA) is 118 Å². The third kappa shape index (κ3) is 4.03. The molecule has 2 aliphatic heterocycles. The minimum absolute atomic E-state index is 0.234. The first kappa shape index (κ1) is 17.0. The second kappa shape index (κ2) is 7.85. The van der Waals surface area contributed by atoms with Gasteiger partial charge in [0.25, 0.3) is 0 Å². The maximum absolute atomic E-state index is 5.60. The van der Waals surface area contributed by atoms with E-state index in [0.29, 0.717) is 31.5 Å². The standard InChI is InChI=1S/C16H23N9O/c17-15-19-9-12(10-20-15)14-21-13(11-24-3-1-18-2-4-24)22-16(23-14)25-5-7-26-8-6-25/h9-10,18H,1-8,11H2,(H2,17,19,20). The van der Waals surface area contributed by atoms with Gasteiger partial charge in [0.15, 0.2) is 5.82 Å². The molecule has 2 aromatic rings. The van der Waals surface area contributed by atoms with Gasteiger partial charge in [0.05, 0.1) is 25.3 Å². The number of nitrogens with zero attached hydrogens (tertiary/aromatic N) is 7. The molecule has 4 heterocycles. The normalized spacial score (nSPS) is 18.8. The van der Waals surface area contributed by atoms with Crippen LogP contribution in [0.1, 0.15) is 5.82 Å². The van der Waals surface area contributed by atoms with E-state index in [9.17, 15) is 0 Å². The largest absolute Gasteiger partial charge is 0.378 e. The first-order valence-corrected chi connectivity index (χ1v) is 8.86. The van der Waals surface area contributed by atoms with Gasteiger partial charge in [0, 0.05) is 51.7 Å². The van der Waals surface area contributed by atoms with Crippen LogP contribution in [-0.2, 0) is 11.3 Å². The van der Waals surface area contributed by atoms with Crippen LogP contribution in [0.3, 0.4) is 0 Å². The highest BCUT2D eigenvalue weighted by Crippen LogP contribution is 2.18. The Bertz CT molecular complexity index is 727. The number of nitrogens with one attached hydrogen (secondary N) is 1. The van der Waals surface area contributed by atoms with Crippen molar-refractivity contribution >= 4 is 11.9 Å². The summed E-state index contributed by atoms with van der Waals surface area (Å²) in [6, 6.07) is 0. The van der Waals surface area contributed by atoms with Crippen LogP contribution in [0.15, 0.2) is 12.4 Å². The van der Waals surface area contributed by atoms with Gasteiger partial charge in [-0.2, -0.15) is 9.97 Å². The molecule has 2 saturated heterocycles. The predicted octanol–water partition coefficient (Wildman–Crippen LogP) is -0.847. The number of ether oxygens (including phenoxy) is 1. The van der Waals surface area contributed by atoms with E-state index >= 15 is 0 Å². The van der Waals surface area contributed by atoms with E-state index in [2.05, 4.69) is 35.1 Å². The molecular weight excluding hydrogens is 334 g/mol. The van der Waals surface area contributed by atoms with Crippen molar-refractivity contribution in [2.75, 3.05) is 63.1 Å². The van der Waals surface area contributed by atoms with Gasteiger partial charge >= 0.3 is 0 Å². The Morgan fingerprint density at radius 1 is 1.00 bits per heavy atom. The molecule has 3 N–H and O–H groups in total. The zero-order valence-electron chi connectivity index (χ0n) is 14.6. The average Bonchev–Trinajstić information content (AvgIpc) is 2.70. The molecule has 0 atom stereocenters. The summed E-state index contributed by atoms with van der Waals surface area (Å²) in [5.41, 5.74) is 6.33. The van der Waals surface area contributed by atoms with Crippen molar-refractivity contribution in [1.82, 2.24) is 35.1 Å². The van der Waals surface area contributed by atoms with Crippen LogP contribution in [0.5, 0.6) is 0 Å². The Balaban J connectivity index is 1.65. The number of rotatable bonds is 4. The molecule has 2 aromatic heterocycles. The molecule has 0 radical (unpaired) electrons. The molecule has 26 heavy (non-hydrogen) atoms. The lowest BCUT2D eigenvalue weighted by atomic mass is 10.3. The van der Waals surface area contributed by atoms with E-state index in [4.69, 9.17) is 15.5 Å².